The predicted molar refractivity (Wildman–Crippen MR) is 77.9 cm³/mol. The van der Waals surface area contributed by atoms with Gasteiger partial charge in [0, 0.05) is 22.2 Å². The van der Waals surface area contributed by atoms with Gasteiger partial charge in [0.2, 0.25) is 5.91 Å². The summed E-state index contributed by atoms with van der Waals surface area (Å²) in [6, 6.07) is 4.57. The van der Waals surface area contributed by atoms with Crippen molar-refractivity contribution >= 4 is 28.5 Å². The van der Waals surface area contributed by atoms with E-state index >= 15 is 0 Å². The molecule has 0 aromatic carbocycles. The van der Waals surface area contributed by atoms with Crippen LogP contribution in [0.3, 0.4) is 0 Å². The van der Waals surface area contributed by atoms with Crippen molar-refractivity contribution in [3.63, 3.8) is 0 Å². The van der Waals surface area contributed by atoms with Crippen molar-refractivity contribution in [3.05, 3.63) is 27.6 Å². The van der Waals surface area contributed by atoms with Gasteiger partial charge in [-0.3, -0.25) is 9.78 Å². The quantitative estimate of drug-likeness (QED) is 0.764. The van der Waals surface area contributed by atoms with Gasteiger partial charge in [-0.05, 0) is 53.5 Å². The molecule has 2 atom stereocenters. The Hall–Kier alpha value is -0.650. The number of amides is 1. The molecule has 2 unspecified atom stereocenters. The van der Waals surface area contributed by atoms with Gasteiger partial charge >= 0.3 is 0 Å². The third kappa shape index (κ3) is 2.39. The molecule has 2 fully saturated rings. The van der Waals surface area contributed by atoms with Gasteiger partial charge in [-0.1, -0.05) is 12.8 Å². The smallest absolute Gasteiger partial charge is 0.223 e. The van der Waals surface area contributed by atoms with E-state index < -0.39 is 0 Å². The highest BCUT2D eigenvalue weighted by Crippen LogP contribution is 2.37. The number of carbonyl (C=O) groups excluding carboxylic acids is 1. The number of halogens is 1. The molecule has 1 amide bonds. The number of nitrogens with zero attached hydrogens (tertiary/aromatic N) is 2. The van der Waals surface area contributed by atoms with Crippen LogP contribution in [-0.4, -0.2) is 21.8 Å². The summed E-state index contributed by atoms with van der Waals surface area (Å²) in [6.45, 7) is 0.691. The molecule has 2 heterocycles. The molecule has 0 bridgehead atoms. The second kappa shape index (κ2) is 5.15. The third-order valence-corrected chi connectivity index (χ3v) is 4.79. The molecule has 4 heteroatoms. The van der Waals surface area contributed by atoms with Crippen LogP contribution in [0.1, 0.15) is 37.8 Å². The van der Waals surface area contributed by atoms with E-state index in [0.29, 0.717) is 24.4 Å². The van der Waals surface area contributed by atoms with Gasteiger partial charge in [0.1, 0.15) is 0 Å². The van der Waals surface area contributed by atoms with Gasteiger partial charge in [-0.15, -0.1) is 0 Å². The van der Waals surface area contributed by atoms with E-state index in [0.717, 1.165) is 15.7 Å². The minimum Gasteiger partial charge on any atom is -0.334 e. The van der Waals surface area contributed by atoms with Crippen molar-refractivity contribution in [2.45, 2.75) is 44.7 Å². The maximum atomic E-state index is 12.1. The van der Waals surface area contributed by atoms with Crippen LogP contribution in [0.15, 0.2) is 18.3 Å². The number of pyridine rings is 1. The Kier molecular flexibility index (Phi) is 3.54. The molecule has 2 aliphatic rings. The van der Waals surface area contributed by atoms with Gasteiger partial charge in [0.15, 0.2) is 0 Å². The molecule has 18 heavy (non-hydrogen) atoms. The number of fused-ring (bicyclic) bond motifs is 1. The van der Waals surface area contributed by atoms with Crippen LogP contribution in [0.5, 0.6) is 0 Å². The highest BCUT2D eigenvalue weighted by molar-refractivity contribution is 14.1. The molecule has 0 radical (unpaired) electrons. The molecular weight excluding hydrogens is 339 g/mol. The summed E-state index contributed by atoms with van der Waals surface area (Å²) in [6.07, 6.45) is 7.60. The van der Waals surface area contributed by atoms with Crippen molar-refractivity contribution in [2.75, 3.05) is 0 Å². The Morgan fingerprint density at radius 1 is 1.33 bits per heavy atom. The predicted octanol–water partition coefficient (Wildman–Crippen LogP) is 2.98. The fourth-order valence-corrected chi connectivity index (χ4v) is 3.56. The Balaban J connectivity index is 1.75. The van der Waals surface area contributed by atoms with Gasteiger partial charge in [-0.25, -0.2) is 0 Å². The number of carbonyl (C=O) groups is 1. The highest BCUT2D eigenvalue weighted by Gasteiger charge is 2.40. The lowest BCUT2D eigenvalue weighted by atomic mass is 9.85. The van der Waals surface area contributed by atoms with E-state index in [1.165, 1.54) is 25.7 Å². The minimum atomic E-state index is 0.326. The first kappa shape index (κ1) is 12.4. The number of likely N-dealkylation sites (tertiary alicyclic amines) is 1. The Bertz CT molecular complexity index is 446. The van der Waals surface area contributed by atoms with E-state index in [-0.39, 0.29) is 0 Å². The van der Waals surface area contributed by atoms with Crippen LogP contribution in [0, 0.1) is 9.49 Å². The average molecular weight is 356 g/mol. The van der Waals surface area contributed by atoms with E-state index in [9.17, 15) is 4.79 Å². The molecule has 0 N–H and O–H groups in total. The van der Waals surface area contributed by atoms with E-state index in [1.54, 1.807) is 0 Å². The fourth-order valence-electron chi connectivity index (χ4n) is 3.24. The fraction of sp³-hybridized carbons (Fsp3) is 0.571. The Labute approximate surface area is 121 Å². The summed E-state index contributed by atoms with van der Waals surface area (Å²) in [7, 11) is 0. The van der Waals surface area contributed by atoms with Crippen molar-refractivity contribution in [3.8, 4) is 0 Å². The number of rotatable bonds is 2. The second-order valence-corrected chi connectivity index (χ2v) is 6.55. The molecule has 1 aliphatic heterocycles. The zero-order chi connectivity index (χ0) is 12.5. The van der Waals surface area contributed by atoms with Crippen LogP contribution in [0.4, 0.5) is 0 Å². The van der Waals surface area contributed by atoms with Crippen LogP contribution in [-0.2, 0) is 11.3 Å². The SMILES string of the molecule is O=C1CC2CCCCC2N1Cc1ccc(I)cn1. The van der Waals surface area contributed by atoms with E-state index in [2.05, 4.69) is 38.5 Å². The maximum absolute atomic E-state index is 12.1. The van der Waals surface area contributed by atoms with Crippen LogP contribution < -0.4 is 0 Å². The minimum absolute atomic E-state index is 0.326. The maximum Gasteiger partial charge on any atom is 0.223 e. The summed E-state index contributed by atoms with van der Waals surface area (Å²) in [5.41, 5.74) is 1.01. The molecule has 0 spiro atoms. The summed E-state index contributed by atoms with van der Waals surface area (Å²) >= 11 is 2.25. The molecule has 1 aliphatic carbocycles. The first-order valence-corrected chi connectivity index (χ1v) is 7.72. The highest BCUT2D eigenvalue weighted by atomic mass is 127. The summed E-state index contributed by atoms with van der Waals surface area (Å²) < 4.78 is 1.14. The number of hydrogen-bond acceptors (Lipinski definition) is 2. The lowest BCUT2D eigenvalue weighted by Gasteiger charge is -2.31. The zero-order valence-electron chi connectivity index (χ0n) is 10.3. The lowest BCUT2D eigenvalue weighted by Crippen LogP contribution is -2.36. The largest absolute Gasteiger partial charge is 0.334 e. The van der Waals surface area contributed by atoms with Crippen molar-refractivity contribution in [2.24, 2.45) is 5.92 Å². The first-order valence-electron chi connectivity index (χ1n) is 6.64. The first-order chi connectivity index (χ1) is 8.74. The molecule has 3 nitrogen and oxygen atoms in total. The van der Waals surface area contributed by atoms with Gasteiger partial charge in [-0.2, -0.15) is 0 Å². The van der Waals surface area contributed by atoms with Gasteiger partial charge < -0.3 is 4.90 Å². The second-order valence-electron chi connectivity index (χ2n) is 5.31. The normalized spacial score (nSPS) is 27.4. The van der Waals surface area contributed by atoms with Gasteiger partial charge in [0.05, 0.1) is 12.2 Å². The lowest BCUT2D eigenvalue weighted by molar-refractivity contribution is -0.129. The molecule has 96 valence electrons. The molecule has 3 rings (SSSR count). The van der Waals surface area contributed by atoms with E-state index in [4.69, 9.17) is 0 Å². The average Bonchev–Trinajstić information content (AvgIpc) is 2.69. The summed E-state index contributed by atoms with van der Waals surface area (Å²) in [5, 5.41) is 0. The standard InChI is InChI=1S/C14H17IN2O/c15-11-5-6-12(16-8-11)9-17-13-4-2-1-3-10(13)7-14(17)18/h5-6,8,10,13H,1-4,7,9H2. The van der Waals surface area contributed by atoms with Gasteiger partial charge in [0.25, 0.3) is 0 Å². The van der Waals surface area contributed by atoms with Crippen molar-refractivity contribution in [1.82, 2.24) is 9.88 Å². The molecule has 1 aromatic rings. The van der Waals surface area contributed by atoms with Crippen LogP contribution in [0.25, 0.3) is 0 Å². The Morgan fingerprint density at radius 3 is 2.94 bits per heavy atom. The molecule has 1 aromatic heterocycles. The van der Waals surface area contributed by atoms with Crippen molar-refractivity contribution < 1.29 is 4.79 Å². The van der Waals surface area contributed by atoms with Crippen LogP contribution >= 0.6 is 22.6 Å². The molecule has 1 saturated heterocycles. The number of aromatic nitrogens is 1. The third-order valence-electron chi connectivity index (χ3n) is 4.15. The van der Waals surface area contributed by atoms with E-state index in [1.807, 2.05) is 12.3 Å². The van der Waals surface area contributed by atoms with Crippen molar-refractivity contribution in [1.29, 1.82) is 0 Å². The topological polar surface area (TPSA) is 33.2 Å². The monoisotopic (exact) mass is 356 g/mol. The number of hydrogen-bond donors (Lipinski definition) is 0. The molecular formula is C14H17IN2O. The van der Waals surface area contributed by atoms with Crippen LogP contribution in [0.2, 0.25) is 0 Å². The summed E-state index contributed by atoms with van der Waals surface area (Å²) in [5.74, 6) is 0.933. The molecule has 1 saturated carbocycles. The Morgan fingerprint density at radius 2 is 2.17 bits per heavy atom. The summed E-state index contributed by atoms with van der Waals surface area (Å²) in [4.78, 5) is 18.6. The zero-order valence-corrected chi connectivity index (χ0v) is 12.5.